The van der Waals surface area contributed by atoms with Crippen LogP contribution in [0.3, 0.4) is 0 Å². The van der Waals surface area contributed by atoms with Crippen LogP contribution in [0.1, 0.15) is 42.0 Å². The molecule has 3 rings (SSSR count). The van der Waals surface area contributed by atoms with Gasteiger partial charge in [0, 0.05) is 11.6 Å². The minimum atomic E-state index is -1.47. The van der Waals surface area contributed by atoms with Crippen LogP contribution in [0.25, 0.3) is 0 Å². The van der Waals surface area contributed by atoms with E-state index in [1.165, 1.54) is 29.7 Å². The van der Waals surface area contributed by atoms with Crippen molar-refractivity contribution in [3.8, 4) is 0 Å². The van der Waals surface area contributed by atoms with Gasteiger partial charge in [0.25, 0.3) is 0 Å². The fourth-order valence-corrected chi connectivity index (χ4v) is 3.08. The maximum absolute atomic E-state index is 14.0. The molecule has 3 heteroatoms. The van der Waals surface area contributed by atoms with Crippen molar-refractivity contribution in [2.24, 2.45) is 0 Å². The Morgan fingerprint density at radius 3 is 2.38 bits per heavy atom. The van der Waals surface area contributed by atoms with Gasteiger partial charge in [-0.3, -0.25) is 0 Å². The van der Waals surface area contributed by atoms with Crippen molar-refractivity contribution in [1.29, 1.82) is 0 Å². The summed E-state index contributed by atoms with van der Waals surface area (Å²) >= 11 is 0. The molecule has 0 aromatic heterocycles. The molecule has 0 spiro atoms. The summed E-state index contributed by atoms with van der Waals surface area (Å²) in [4.78, 5) is 0. The standard InChI is InChI=1S/C18H18F2O/c1-18(21,16-9-8-15(19)11-17(16)20)14-7-6-12-4-2-3-5-13(12)10-14/h6-11,21H,2-5H2,1H3. The van der Waals surface area contributed by atoms with E-state index in [9.17, 15) is 13.9 Å². The van der Waals surface area contributed by atoms with Crippen LogP contribution in [0, 0.1) is 11.6 Å². The molecule has 0 heterocycles. The predicted octanol–water partition coefficient (Wildman–Crippen LogP) is 4.10. The van der Waals surface area contributed by atoms with E-state index in [0.717, 1.165) is 25.3 Å². The summed E-state index contributed by atoms with van der Waals surface area (Å²) in [7, 11) is 0. The van der Waals surface area contributed by atoms with Gasteiger partial charge in [-0.05, 0) is 61.4 Å². The number of aliphatic hydroxyl groups is 1. The largest absolute Gasteiger partial charge is 0.381 e. The van der Waals surface area contributed by atoms with Gasteiger partial charge < -0.3 is 5.11 Å². The number of hydrogen-bond donors (Lipinski definition) is 1. The minimum absolute atomic E-state index is 0.0969. The monoisotopic (exact) mass is 288 g/mol. The highest BCUT2D eigenvalue weighted by Crippen LogP contribution is 2.33. The lowest BCUT2D eigenvalue weighted by atomic mass is 9.83. The van der Waals surface area contributed by atoms with Crippen molar-refractivity contribution in [2.75, 3.05) is 0 Å². The lowest BCUT2D eigenvalue weighted by Gasteiger charge is -2.27. The average Bonchev–Trinajstić information content (AvgIpc) is 2.46. The normalized spacial score (nSPS) is 17.1. The van der Waals surface area contributed by atoms with E-state index in [-0.39, 0.29) is 5.56 Å². The Morgan fingerprint density at radius 1 is 0.952 bits per heavy atom. The molecule has 1 nitrogen and oxygen atoms in total. The van der Waals surface area contributed by atoms with Gasteiger partial charge in [0.1, 0.15) is 17.2 Å². The van der Waals surface area contributed by atoms with E-state index in [1.54, 1.807) is 6.92 Å². The summed E-state index contributed by atoms with van der Waals surface area (Å²) < 4.78 is 27.0. The van der Waals surface area contributed by atoms with Crippen molar-refractivity contribution < 1.29 is 13.9 Å². The van der Waals surface area contributed by atoms with E-state index in [2.05, 4.69) is 0 Å². The molecule has 2 aromatic rings. The zero-order valence-corrected chi connectivity index (χ0v) is 12.0. The van der Waals surface area contributed by atoms with Gasteiger partial charge in [0.15, 0.2) is 0 Å². The first-order valence-electron chi connectivity index (χ1n) is 7.28. The van der Waals surface area contributed by atoms with Crippen molar-refractivity contribution in [3.63, 3.8) is 0 Å². The summed E-state index contributed by atoms with van der Waals surface area (Å²) in [6.07, 6.45) is 4.38. The molecule has 0 bridgehead atoms. The second-order valence-electron chi connectivity index (χ2n) is 5.89. The fraction of sp³-hybridized carbons (Fsp3) is 0.333. The Kier molecular flexibility index (Phi) is 3.54. The van der Waals surface area contributed by atoms with Crippen LogP contribution in [0.15, 0.2) is 36.4 Å². The van der Waals surface area contributed by atoms with Crippen molar-refractivity contribution in [2.45, 2.75) is 38.2 Å². The predicted molar refractivity (Wildman–Crippen MR) is 78.1 cm³/mol. The Hall–Kier alpha value is -1.74. The van der Waals surface area contributed by atoms with E-state index < -0.39 is 17.2 Å². The fourth-order valence-electron chi connectivity index (χ4n) is 3.08. The molecular weight excluding hydrogens is 270 g/mol. The molecule has 0 amide bonds. The Bertz CT molecular complexity index is 677. The molecule has 1 atom stereocenters. The second-order valence-corrected chi connectivity index (χ2v) is 5.89. The van der Waals surface area contributed by atoms with Crippen LogP contribution in [-0.2, 0) is 18.4 Å². The first kappa shape index (κ1) is 14.2. The highest BCUT2D eigenvalue weighted by atomic mass is 19.1. The Balaban J connectivity index is 2.05. The number of halogens is 2. The average molecular weight is 288 g/mol. The van der Waals surface area contributed by atoms with Gasteiger partial charge in [-0.1, -0.05) is 18.2 Å². The molecular formula is C18H18F2O. The zero-order chi connectivity index (χ0) is 15.0. The molecule has 0 saturated heterocycles. The summed E-state index contributed by atoms with van der Waals surface area (Å²) in [6, 6.07) is 9.10. The van der Waals surface area contributed by atoms with Gasteiger partial charge >= 0.3 is 0 Å². The third kappa shape index (κ3) is 2.58. The van der Waals surface area contributed by atoms with Crippen LogP contribution in [0.5, 0.6) is 0 Å². The van der Waals surface area contributed by atoms with Gasteiger partial charge in [0.05, 0.1) is 0 Å². The first-order valence-corrected chi connectivity index (χ1v) is 7.28. The van der Waals surface area contributed by atoms with E-state index in [0.29, 0.717) is 5.56 Å². The molecule has 0 radical (unpaired) electrons. The van der Waals surface area contributed by atoms with Gasteiger partial charge in [0.2, 0.25) is 0 Å². The number of benzene rings is 2. The third-order valence-electron chi connectivity index (χ3n) is 4.37. The molecule has 21 heavy (non-hydrogen) atoms. The highest BCUT2D eigenvalue weighted by Gasteiger charge is 2.29. The first-order chi connectivity index (χ1) is 9.98. The molecule has 2 aromatic carbocycles. The lowest BCUT2D eigenvalue weighted by molar-refractivity contribution is 0.0977. The summed E-state index contributed by atoms with van der Waals surface area (Å²) in [6.45, 7) is 1.55. The highest BCUT2D eigenvalue weighted by molar-refractivity contribution is 5.41. The molecule has 110 valence electrons. The zero-order valence-electron chi connectivity index (χ0n) is 12.0. The quantitative estimate of drug-likeness (QED) is 0.882. The molecule has 0 fully saturated rings. The molecule has 0 aliphatic heterocycles. The smallest absolute Gasteiger partial charge is 0.132 e. The molecule has 1 unspecified atom stereocenters. The van der Waals surface area contributed by atoms with Crippen LogP contribution >= 0.6 is 0 Å². The van der Waals surface area contributed by atoms with Crippen molar-refractivity contribution in [1.82, 2.24) is 0 Å². The molecule has 1 aliphatic carbocycles. The van der Waals surface area contributed by atoms with Crippen LogP contribution in [-0.4, -0.2) is 5.11 Å². The van der Waals surface area contributed by atoms with Gasteiger partial charge in [-0.2, -0.15) is 0 Å². The van der Waals surface area contributed by atoms with Gasteiger partial charge in [-0.15, -0.1) is 0 Å². The number of aryl methyl sites for hydroxylation is 2. The maximum Gasteiger partial charge on any atom is 0.132 e. The summed E-state index contributed by atoms with van der Waals surface area (Å²) in [5.74, 6) is -1.37. The van der Waals surface area contributed by atoms with Crippen molar-refractivity contribution in [3.05, 3.63) is 70.3 Å². The topological polar surface area (TPSA) is 20.2 Å². The van der Waals surface area contributed by atoms with Crippen LogP contribution in [0.4, 0.5) is 8.78 Å². The van der Waals surface area contributed by atoms with Crippen molar-refractivity contribution >= 4 is 0 Å². The number of hydrogen-bond acceptors (Lipinski definition) is 1. The third-order valence-corrected chi connectivity index (χ3v) is 4.37. The van der Waals surface area contributed by atoms with Crippen LogP contribution in [0.2, 0.25) is 0 Å². The summed E-state index contributed by atoms with van der Waals surface area (Å²) in [5, 5.41) is 10.8. The SMILES string of the molecule is CC(O)(c1ccc2c(c1)CCCC2)c1ccc(F)cc1F. The lowest BCUT2D eigenvalue weighted by Crippen LogP contribution is -2.25. The van der Waals surface area contributed by atoms with E-state index >= 15 is 0 Å². The molecule has 0 saturated carbocycles. The van der Waals surface area contributed by atoms with Gasteiger partial charge in [-0.25, -0.2) is 8.78 Å². The number of fused-ring (bicyclic) bond motifs is 1. The molecule has 1 N–H and O–H groups in total. The maximum atomic E-state index is 14.0. The minimum Gasteiger partial charge on any atom is -0.381 e. The Labute approximate surface area is 123 Å². The summed E-state index contributed by atoms with van der Waals surface area (Å²) in [5.41, 5.74) is 1.81. The Morgan fingerprint density at radius 2 is 1.67 bits per heavy atom. The van der Waals surface area contributed by atoms with Crippen LogP contribution < -0.4 is 0 Å². The van der Waals surface area contributed by atoms with E-state index in [1.807, 2.05) is 18.2 Å². The number of rotatable bonds is 2. The van der Waals surface area contributed by atoms with E-state index in [4.69, 9.17) is 0 Å². The molecule has 1 aliphatic rings. The second kappa shape index (κ2) is 5.23.